The maximum absolute atomic E-state index is 10.9. The molecule has 0 heterocycles. The smallest absolute Gasteiger partial charge is 0.335 e. The van der Waals surface area contributed by atoms with Crippen molar-refractivity contribution in [1.29, 1.82) is 0 Å². The van der Waals surface area contributed by atoms with Crippen molar-refractivity contribution in [1.82, 2.24) is 0 Å². The highest BCUT2D eigenvalue weighted by atomic mass is 16.5. The van der Waals surface area contributed by atoms with E-state index in [-0.39, 0.29) is 0 Å². The van der Waals surface area contributed by atoms with Gasteiger partial charge in [0.25, 0.3) is 0 Å². The summed E-state index contributed by atoms with van der Waals surface area (Å²) in [5, 5.41) is 8.92. The molecular formula is C19H38O3. The number of hydrogen-bond donors (Lipinski definition) is 1. The predicted molar refractivity (Wildman–Crippen MR) is 93.4 cm³/mol. The normalized spacial score (nSPS) is 11.8. The Morgan fingerprint density at radius 3 is 1.50 bits per heavy atom. The Balaban J connectivity index is 3.16. The van der Waals surface area contributed by atoms with Crippen LogP contribution in [0, 0.1) is 0 Å². The third kappa shape index (κ3) is 13.1. The van der Waals surface area contributed by atoms with E-state index < -0.39 is 11.6 Å². The molecule has 0 aromatic rings. The van der Waals surface area contributed by atoms with Crippen molar-refractivity contribution < 1.29 is 14.6 Å². The summed E-state index contributed by atoms with van der Waals surface area (Å²) in [7, 11) is 0. The van der Waals surface area contributed by atoms with E-state index in [1.807, 2.05) is 0 Å². The van der Waals surface area contributed by atoms with Crippen LogP contribution in [-0.4, -0.2) is 23.3 Å². The van der Waals surface area contributed by atoms with Crippen LogP contribution < -0.4 is 0 Å². The fourth-order valence-electron chi connectivity index (χ4n) is 2.51. The molecule has 0 aliphatic rings. The van der Waals surface area contributed by atoms with Gasteiger partial charge < -0.3 is 9.84 Å². The Hall–Kier alpha value is -0.570. The first kappa shape index (κ1) is 21.4. The van der Waals surface area contributed by atoms with Gasteiger partial charge in [-0.05, 0) is 20.3 Å². The quantitative estimate of drug-likeness (QED) is 0.358. The summed E-state index contributed by atoms with van der Waals surface area (Å²) in [6.07, 6.45) is 17.1. The standard InChI is InChI=1S/C19H38O3/c1-4-5-6-7-8-9-10-11-12-13-14-15-16-17-22-19(2,3)18(20)21/h4-17H2,1-3H3,(H,20,21). The number of aliphatic carboxylic acids is 1. The summed E-state index contributed by atoms with van der Waals surface area (Å²) in [4.78, 5) is 10.9. The van der Waals surface area contributed by atoms with Crippen molar-refractivity contribution >= 4 is 5.97 Å². The van der Waals surface area contributed by atoms with Crippen LogP contribution in [0.25, 0.3) is 0 Å². The fourth-order valence-corrected chi connectivity index (χ4v) is 2.51. The van der Waals surface area contributed by atoms with Crippen molar-refractivity contribution in [3.8, 4) is 0 Å². The SMILES string of the molecule is CCCCCCCCCCCCCCCOC(C)(C)C(=O)O. The monoisotopic (exact) mass is 314 g/mol. The van der Waals surface area contributed by atoms with E-state index in [9.17, 15) is 4.79 Å². The van der Waals surface area contributed by atoms with Gasteiger partial charge in [0.15, 0.2) is 5.60 Å². The molecule has 3 nitrogen and oxygen atoms in total. The van der Waals surface area contributed by atoms with Crippen LogP contribution in [-0.2, 0) is 9.53 Å². The first-order chi connectivity index (χ1) is 10.5. The van der Waals surface area contributed by atoms with Gasteiger partial charge in [0.2, 0.25) is 0 Å². The molecule has 0 radical (unpaired) electrons. The van der Waals surface area contributed by atoms with Crippen LogP contribution in [0.15, 0.2) is 0 Å². The van der Waals surface area contributed by atoms with Gasteiger partial charge >= 0.3 is 5.97 Å². The van der Waals surface area contributed by atoms with Crippen LogP contribution in [0.3, 0.4) is 0 Å². The molecular weight excluding hydrogens is 276 g/mol. The molecule has 0 saturated carbocycles. The van der Waals surface area contributed by atoms with Crippen LogP contribution in [0.4, 0.5) is 0 Å². The molecule has 132 valence electrons. The maximum Gasteiger partial charge on any atom is 0.335 e. The van der Waals surface area contributed by atoms with Gasteiger partial charge in [-0.15, -0.1) is 0 Å². The van der Waals surface area contributed by atoms with E-state index >= 15 is 0 Å². The summed E-state index contributed by atoms with van der Waals surface area (Å²) in [6, 6.07) is 0. The van der Waals surface area contributed by atoms with Gasteiger partial charge in [-0.1, -0.05) is 84.0 Å². The first-order valence-corrected chi connectivity index (χ1v) is 9.38. The molecule has 0 aliphatic carbocycles. The van der Waals surface area contributed by atoms with Gasteiger partial charge in [-0.3, -0.25) is 0 Å². The number of unbranched alkanes of at least 4 members (excludes halogenated alkanes) is 12. The van der Waals surface area contributed by atoms with Gasteiger partial charge in [-0.25, -0.2) is 4.79 Å². The zero-order valence-electron chi connectivity index (χ0n) is 15.2. The molecule has 0 atom stereocenters. The highest BCUT2D eigenvalue weighted by Gasteiger charge is 2.27. The maximum atomic E-state index is 10.9. The van der Waals surface area contributed by atoms with Crippen molar-refractivity contribution in [3.63, 3.8) is 0 Å². The third-order valence-corrected chi connectivity index (χ3v) is 4.23. The van der Waals surface area contributed by atoms with Gasteiger partial charge in [0.1, 0.15) is 0 Å². The van der Waals surface area contributed by atoms with E-state index in [4.69, 9.17) is 9.84 Å². The Labute approximate surface area is 137 Å². The minimum Gasteiger partial charge on any atom is -0.479 e. The molecule has 0 bridgehead atoms. The zero-order valence-corrected chi connectivity index (χ0v) is 15.2. The summed E-state index contributed by atoms with van der Waals surface area (Å²) >= 11 is 0. The van der Waals surface area contributed by atoms with Crippen LogP contribution in [0.1, 0.15) is 104 Å². The second-order valence-corrected chi connectivity index (χ2v) is 6.91. The predicted octanol–water partition coefficient (Wildman–Crippen LogP) is 5.96. The number of carboxylic acids is 1. The second-order valence-electron chi connectivity index (χ2n) is 6.91. The van der Waals surface area contributed by atoms with Gasteiger partial charge in [-0.2, -0.15) is 0 Å². The van der Waals surface area contributed by atoms with Crippen molar-refractivity contribution in [3.05, 3.63) is 0 Å². The largest absolute Gasteiger partial charge is 0.479 e. The molecule has 1 N–H and O–H groups in total. The highest BCUT2D eigenvalue weighted by molar-refractivity contribution is 5.76. The number of hydrogen-bond acceptors (Lipinski definition) is 2. The number of ether oxygens (including phenoxy) is 1. The van der Waals surface area contributed by atoms with Crippen LogP contribution in [0.2, 0.25) is 0 Å². The minimum atomic E-state index is -1.04. The second kappa shape index (κ2) is 14.0. The molecule has 0 fully saturated rings. The molecule has 0 amide bonds. The molecule has 0 aromatic heterocycles. The summed E-state index contributed by atoms with van der Waals surface area (Å²) in [6.45, 7) is 6.03. The van der Waals surface area contributed by atoms with E-state index in [1.165, 1.54) is 70.6 Å². The number of carboxylic acid groups (broad SMARTS) is 1. The van der Waals surface area contributed by atoms with E-state index in [2.05, 4.69) is 6.92 Å². The Kier molecular flexibility index (Phi) is 13.7. The molecule has 0 unspecified atom stereocenters. The van der Waals surface area contributed by atoms with E-state index in [0.29, 0.717) is 6.61 Å². The van der Waals surface area contributed by atoms with Gasteiger partial charge in [0.05, 0.1) is 0 Å². The lowest BCUT2D eigenvalue weighted by Crippen LogP contribution is -2.35. The van der Waals surface area contributed by atoms with Crippen molar-refractivity contribution in [2.45, 2.75) is 110 Å². The highest BCUT2D eigenvalue weighted by Crippen LogP contribution is 2.14. The molecule has 0 aliphatic heterocycles. The Bertz CT molecular complexity index is 261. The minimum absolute atomic E-state index is 0.553. The third-order valence-electron chi connectivity index (χ3n) is 4.23. The first-order valence-electron chi connectivity index (χ1n) is 9.38. The fraction of sp³-hybridized carbons (Fsp3) is 0.947. The number of rotatable bonds is 16. The van der Waals surface area contributed by atoms with Crippen LogP contribution in [0.5, 0.6) is 0 Å². The average molecular weight is 315 g/mol. The molecule has 0 rings (SSSR count). The summed E-state index contributed by atoms with van der Waals surface area (Å²) in [5.74, 6) is -0.887. The zero-order chi connectivity index (χ0) is 16.7. The molecule has 3 heteroatoms. The van der Waals surface area contributed by atoms with Crippen molar-refractivity contribution in [2.75, 3.05) is 6.61 Å². The van der Waals surface area contributed by atoms with E-state index in [0.717, 1.165) is 12.8 Å². The van der Waals surface area contributed by atoms with Crippen LogP contribution >= 0.6 is 0 Å². The lowest BCUT2D eigenvalue weighted by molar-refractivity contribution is -0.161. The molecule has 0 spiro atoms. The number of carbonyl (C=O) groups is 1. The average Bonchev–Trinajstić information content (AvgIpc) is 2.47. The van der Waals surface area contributed by atoms with E-state index in [1.54, 1.807) is 13.8 Å². The van der Waals surface area contributed by atoms with Crippen molar-refractivity contribution in [2.24, 2.45) is 0 Å². The lowest BCUT2D eigenvalue weighted by Gasteiger charge is -2.19. The molecule has 0 saturated heterocycles. The Morgan fingerprint density at radius 1 is 0.773 bits per heavy atom. The summed E-state index contributed by atoms with van der Waals surface area (Å²) < 4.78 is 5.39. The summed E-state index contributed by atoms with van der Waals surface area (Å²) in [5.41, 5.74) is -1.04. The lowest BCUT2D eigenvalue weighted by atomic mass is 10.0. The van der Waals surface area contributed by atoms with Gasteiger partial charge in [0, 0.05) is 6.61 Å². The molecule has 22 heavy (non-hydrogen) atoms. The topological polar surface area (TPSA) is 46.5 Å². The molecule has 0 aromatic carbocycles. The Morgan fingerprint density at radius 2 is 1.14 bits per heavy atom.